The number of oxazole rings is 1. The fourth-order valence-electron chi connectivity index (χ4n) is 10.9. The molecule has 5 fully saturated rings. The Morgan fingerprint density at radius 1 is 0.738 bits per heavy atom. The summed E-state index contributed by atoms with van der Waals surface area (Å²) in [5, 5.41) is 17.0. The fraction of sp³-hybridized carbons (Fsp3) is 0.346. The van der Waals surface area contributed by atoms with Gasteiger partial charge in [-0.25, -0.2) is 9.78 Å². The maximum Gasteiger partial charge on any atom is 0.315 e. The van der Waals surface area contributed by atoms with Crippen LogP contribution in [-0.2, 0) is 22.6 Å². The minimum absolute atomic E-state index is 0.000304. The monoisotopic (exact) mass is 831 g/mol. The highest BCUT2D eigenvalue weighted by molar-refractivity contribution is 7.99. The highest BCUT2D eigenvalue weighted by atomic mass is 32.2. The lowest BCUT2D eigenvalue weighted by molar-refractivity contribution is -0.268. The van der Waals surface area contributed by atoms with Crippen LogP contribution < -0.4 is 10.6 Å². The van der Waals surface area contributed by atoms with E-state index >= 15 is 0 Å². The highest BCUT2D eigenvalue weighted by Crippen LogP contribution is 2.55. The van der Waals surface area contributed by atoms with Gasteiger partial charge in [-0.1, -0.05) is 152 Å². The van der Waals surface area contributed by atoms with Crippen molar-refractivity contribution >= 4 is 17.8 Å². The summed E-state index contributed by atoms with van der Waals surface area (Å²) >= 11 is 1.55. The maximum atomic E-state index is 13.4. The standard InChI is InChI=1S/C52H53N3O5S/c1-33-45(32-61-51-54-46(39-10-4-2-5-11-39)48(60-51)40-12-6-3-7-13-40)58-49(59-47(33)41-18-16-34(31-56)17-19-41)42-22-20-38(21-23-42)44-15-9-8-14-43(44)30-53-50(57)55-52-27-35-24-36(28-52)26-37(25-35)29-52/h2-23,33,35-37,45,47,49,56H,24-32H2,1H3,(H2,53,55,57)/t33-,35?,36?,37?,45+,47+,49+,52?/m0/s1. The maximum absolute atomic E-state index is 13.4. The van der Waals surface area contributed by atoms with E-state index in [1.165, 1.54) is 19.3 Å². The van der Waals surface area contributed by atoms with Crippen LogP contribution in [0.15, 0.2) is 143 Å². The number of carbonyl (C=O) groups is 1. The zero-order valence-electron chi connectivity index (χ0n) is 34.5. The molecule has 0 radical (unpaired) electrons. The summed E-state index contributed by atoms with van der Waals surface area (Å²) in [6.07, 6.45) is 6.37. The first-order chi connectivity index (χ1) is 29.9. The van der Waals surface area contributed by atoms with Gasteiger partial charge in [0.2, 0.25) is 0 Å². The summed E-state index contributed by atoms with van der Waals surface area (Å²) in [5.41, 5.74) is 8.77. The third-order valence-electron chi connectivity index (χ3n) is 13.6. The van der Waals surface area contributed by atoms with Gasteiger partial charge in [0.05, 0.1) is 18.8 Å². The summed E-state index contributed by atoms with van der Waals surface area (Å²) in [6, 6.07) is 44.9. The molecule has 4 saturated carbocycles. The molecule has 11 rings (SSSR count). The van der Waals surface area contributed by atoms with Crippen LogP contribution in [0.4, 0.5) is 4.79 Å². The van der Waals surface area contributed by atoms with Crippen molar-refractivity contribution in [3.8, 4) is 33.7 Å². The van der Waals surface area contributed by atoms with Crippen LogP contribution >= 0.6 is 11.8 Å². The van der Waals surface area contributed by atoms with Gasteiger partial charge in [0.25, 0.3) is 5.22 Å². The van der Waals surface area contributed by atoms with Crippen LogP contribution in [0.5, 0.6) is 0 Å². The SMILES string of the molecule is C[C@H]1[C@@H](CSc2nc(-c3ccccc3)c(-c3ccccc3)o2)O[C@@H](c2ccc(-c3ccccc3CNC(=O)NC34CC5CC(CC(C5)C3)C4)cc2)O[C@H]1c1ccc(CO)cc1. The Morgan fingerprint density at radius 2 is 1.36 bits per heavy atom. The van der Waals surface area contributed by atoms with E-state index in [2.05, 4.69) is 66.1 Å². The summed E-state index contributed by atoms with van der Waals surface area (Å²) in [4.78, 5) is 18.4. The molecule has 4 aliphatic carbocycles. The summed E-state index contributed by atoms with van der Waals surface area (Å²) in [7, 11) is 0. The molecule has 1 saturated heterocycles. The van der Waals surface area contributed by atoms with Crippen LogP contribution in [0, 0.1) is 23.7 Å². The predicted octanol–water partition coefficient (Wildman–Crippen LogP) is 11.5. The molecular formula is C52H53N3O5S. The van der Waals surface area contributed by atoms with Gasteiger partial charge in [0, 0.05) is 40.4 Å². The molecular weight excluding hydrogens is 779 g/mol. The number of benzene rings is 5. The Labute approximate surface area is 362 Å². The number of aliphatic hydroxyl groups excluding tert-OH is 1. The lowest BCUT2D eigenvalue weighted by Gasteiger charge is -2.56. The number of aliphatic hydroxyl groups is 1. The Balaban J connectivity index is 0.861. The quantitative estimate of drug-likeness (QED) is 0.105. The normalized spacial score (nSPS) is 26.6. The van der Waals surface area contributed by atoms with Gasteiger partial charge in [-0.05, 0) is 84.1 Å². The second kappa shape index (κ2) is 17.3. The van der Waals surface area contributed by atoms with E-state index in [1.807, 2.05) is 84.9 Å². The number of carbonyl (C=O) groups excluding carboxylic acids is 1. The smallest absolute Gasteiger partial charge is 0.315 e. The van der Waals surface area contributed by atoms with Crippen molar-refractivity contribution in [2.24, 2.45) is 23.7 Å². The van der Waals surface area contributed by atoms with Crippen molar-refractivity contribution in [1.82, 2.24) is 15.6 Å². The van der Waals surface area contributed by atoms with Crippen molar-refractivity contribution in [1.29, 1.82) is 0 Å². The van der Waals surface area contributed by atoms with Crippen LogP contribution in [0.1, 0.15) is 80.1 Å². The van der Waals surface area contributed by atoms with Gasteiger partial charge >= 0.3 is 6.03 Å². The van der Waals surface area contributed by atoms with Crippen LogP contribution in [-0.4, -0.2) is 33.5 Å². The number of ether oxygens (including phenoxy) is 2. The van der Waals surface area contributed by atoms with Crippen molar-refractivity contribution in [2.75, 3.05) is 5.75 Å². The molecule has 2 heterocycles. The number of rotatable bonds is 12. The van der Waals surface area contributed by atoms with Crippen LogP contribution in [0.2, 0.25) is 0 Å². The summed E-state index contributed by atoms with van der Waals surface area (Å²) < 4.78 is 20.1. The first-order valence-electron chi connectivity index (χ1n) is 21.9. The van der Waals surface area contributed by atoms with Crippen LogP contribution in [0.3, 0.4) is 0 Å². The number of amides is 2. The van der Waals surface area contributed by atoms with Gasteiger partial charge in [0.15, 0.2) is 12.1 Å². The number of thioether (sulfide) groups is 1. The molecule has 9 heteroatoms. The molecule has 5 aliphatic rings. The predicted molar refractivity (Wildman–Crippen MR) is 239 cm³/mol. The Morgan fingerprint density at radius 3 is 2.03 bits per heavy atom. The van der Waals surface area contributed by atoms with Gasteiger partial charge in [-0.2, -0.15) is 0 Å². The number of nitrogens with one attached hydrogen (secondary N) is 2. The molecule has 4 atom stereocenters. The number of nitrogens with zero attached hydrogens (tertiary/aromatic N) is 1. The molecule has 5 aromatic carbocycles. The fourth-order valence-corrected chi connectivity index (χ4v) is 11.9. The topological polar surface area (TPSA) is 106 Å². The zero-order chi connectivity index (χ0) is 41.3. The molecule has 312 valence electrons. The lowest BCUT2D eigenvalue weighted by atomic mass is 9.53. The molecule has 8 nitrogen and oxygen atoms in total. The molecule has 61 heavy (non-hydrogen) atoms. The Bertz CT molecular complexity index is 2350. The molecule has 2 amide bonds. The molecule has 1 aromatic heterocycles. The van der Waals surface area contributed by atoms with Gasteiger partial charge in [-0.15, -0.1) is 0 Å². The van der Waals surface area contributed by atoms with E-state index in [9.17, 15) is 9.90 Å². The molecule has 3 N–H and O–H groups in total. The minimum Gasteiger partial charge on any atom is -0.431 e. The van der Waals surface area contributed by atoms with Crippen molar-refractivity contribution < 1.29 is 23.8 Å². The largest absolute Gasteiger partial charge is 0.431 e. The van der Waals surface area contributed by atoms with E-state index in [0.717, 1.165) is 93.0 Å². The molecule has 1 aliphatic heterocycles. The van der Waals surface area contributed by atoms with E-state index < -0.39 is 6.29 Å². The average Bonchev–Trinajstić information content (AvgIpc) is 3.73. The van der Waals surface area contributed by atoms with Crippen LogP contribution in [0.25, 0.3) is 33.7 Å². The average molecular weight is 832 g/mol. The Kier molecular flexibility index (Phi) is 11.3. The van der Waals surface area contributed by atoms with E-state index in [4.69, 9.17) is 18.9 Å². The number of hydrogen-bond acceptors (Lipinski definition) is 7. The van der Waals surface area contributed by atoms with E-state index in [0.29, 0.717) is 17.5 Å². The second-order valence-corrected chi connectivity index (χ2v) is 18.8. The first-order valence-corrected chi connectivity index (χ1v) is 22.9. The first kappa shape index (κ1) is 39.9. The number of aromatic nitrogens is 1. The molecule has 6 aromatic rings. The molecule has 4 bridgehead atoms. The number of urea groups is 1. The van der Waals surface area contributed by atoms with Gasteiger partial charge < -0.3 is 29.6 Å². The van der Waals surface area contributed by atoms with E-state index in [1.54, 1.807) is 11.8 Å². The van der Waals surface area contributed by atoms with Crippen molar-refractivity contribution in [3.63, 3.8) is 0 Å². The van der Waals surface area contributed by atoms with Gasteiger partial charge in [0.1, 0.15) is 5.69 Å². The highest BCUT2D eigenvalue weighted by Gasteiger charge is 2.51. The van der Waals surface area contributed by atoms with E-state index in [-0.39, 0.29) is 36.3 Å². The minimum atomic E-state index is -0.618. The molecule has 0 spiro atoms. The lowest BCUT2D eigenvalue weighted by Crippen LogP contribution is -2.61. The third kappa shape index (κ3) is 8.54. The van der Waals surface area contributed by atoms with Crippen molar-refractivity contribution in [2.45, 2.75) is 87.9 Å². The number of hydrogen-bond donors (Lipinski definition) is 3. The zero-order valence-corrected chi connectivity index (χ0v) is 35.4. The summed E-state index contributed by atoms with van der Waals surface area (Å²) in [6.45, 7) is 2.60. The summed E-state index contributed by atoms with van der Waals surface area (Å²) in [5.74, 6) is 3.67. The van der Waals surface area contributed by atoms with Gasteiger partial charge in [-0.3, -0.25) is 0 Å². The molecule has 0 unspecified atom stereocenters. The third-order valence-corrected chi connectivity index (χ3v) is 14.5. The Hall–Kier alpha value is -5.19. The second-order valence-electron chi connectivity index (χ2n) is 17.8. The van der Waals surface area contributed by atoms with Crippen molar-refractivity contribution in [3.05, 3.63) is 156 Å².